The number of pyridine rings is 1. The molecule has 0 radical (unpaired) electrons. The van der Waals surface area contributed by atoms with Gasteiger partial charge in [-0.1, -0.05) is 13.8 Å². The molecule has 2 spiro atoms. The largest absolute Gasteiger partial charge is 0.345 e. The number of amides is 2. The molecule has 1 aromatic rings. The average Bonchev–Trinajstić information content (AvgIpc) is 3.15. The van der Waals surface area contributed by atoms with E-state index in [1.807, 2.05) is 16.8 Å². The lowest BCUT2D eigenvalue weighted by Crippen LogP contribution is -2.53. The van der Waals surface area contributed by atoms with E-state index in [2.05, 4.69) is 23.7 Å². The van der Waals surface area contributed by atoms with Crippen molar-refractivity contribution in [2.45, 2.75) is 39.5 Å². The molecule has 3 saturated heterocycles. The lowest BCUT2D eigenvalue weighted by atomic mass is 9.60. The van der Waals surface area contributed by atoms with E-state index in [0.717, 1.165) is 51.6 Å². The van der Waals surface area contributed by atoms with E-state index in [0.29, 0.717) is 30.6 Å². The second kappa shape index (κ2) is 7.91. The van der Waals surface area contributed by atoms with E-state index in [4.69, 9.17) is 0 Å². The van der Waals surface area contributed by atoms with Crippen molar-refractivity contribution in [1.82, 2.24) is 19.7 Å². The van der Waals surface area contributed by atoms with Crippen LogP contribution >= 0.6 is 0 Å². The maximum atomic E-state index is 13.3. The van der Waals surface area contributed by atoms with Crippen LogP contribution in [0.1, 0.15) is 38.8 Å². The summed E-state index contributed by atoms with van der Waals surface area (Å²) in [6.45, 7) is 9.45. The number of fused-ring (bicyclic) bond motifs is 1. The van der Waals surface area contributed by atoms with Crippen molar-refractivity contribution in [2.75, 3.05) is 46.3 Å². The van der Waals surface area contributed by atoms with Crippen molar-refractivity contribution in [1.29, 1.82) is 0 Å². The Bertz CT molecular complexity index is 804. The quantitative estimate of drug-likeness (QED) is 0.755. The van der Waals surface area contributed by atoms with Gasteiger partial charge < -0.3 is 14.7 Å². The Hall–Kier alpha value is -2.02. The molecule has 1 aromatic heterocycles. The number of nitrogens with zero attached hydrogens (tertiary/aromatic N) is 4. The third kappa shape index (κ3) is 3.61. The molecular weight excluding hydrogens is 383 g/mol. The summed E-state index contributed by atoms with van der Waals surface area (Å²) in [6, 6.07) is 2.91. The summed E-state index contributed by atoms with van der Waals surface area (Å²) in [7, 11) is 1.92. The minimum Gasteiger partial charge on any atom is -0.345 e. The predicted molar refractivity (Wildman–Crippen MR) is 112 cm³/mol. The van der Waals surface area contributed by atoms with Crippen LogP contribution in [0.25, 0.3) is 0 Å². The maximum absolute atomic E-state index is 13.3. The highest BCUT2D eigenvalue weighted by Crippen LogP contribution is 2.57. The Morgan fingerprint density at radius 1 is 1.17 bits per heavy atom. The van der Waals surface area contributed by atoms with E-state index in [-0.39, 0.29) is 23.2 Å². The van der Waals surface area contributed by atoms with Crippen LogP contribution in [-0.2, 0) is 16.0 Å². The van der Waals surface area contributed by atoms with Crippen LogP contribution in [0, 0.1) is 22.6 Å². The van der Waals surface area contributed by atoms with Gasteiger partial charge in [-0.05, 0) is 37.3 Å². The second-order valence-electron chi connectivity index (χ2n) is 9.93. The van der Waals surface area contributed by atoms with Crippen LogP contribution in [0.15, 0.2) is 18.3 Å². The summed E-state index contributed by atoms with van der Waals surface area (Å²) >= 11 is 0. The normalized spacial score (nSPS) is 26.5. The van der Waals surface area contributed by atoms with Crippen molar-refractivity contribution in [2.24, 2.45) is 16.7 Å². The summed E-state index contributed by atoms with van der Waals surface area (Å²) in [4.78, 5) is 36.4. The molecule has 4 heterocycles. The van der Waals surface area contributed by atoms with Gasteiger partial charge >= 0.3 is 0 Å². The number of rotatable bonds is 4. The Labute approximate surface area is 178 Å². The molecular formula is C23H33FN4O2. The Morgan fingerprint density at radius 3 is 2.47 bits per heavy atom. The first kappa shape index (κ1) is 21.2. The Morgan fingerprint density at radius 2 is 1.90 bits per heavy atom. The SMILES string of the molecule is CC(C)CN1CC2(CCN(C(=O)Cc3ccc(F)cn3)CC2)[C@@]2(CCN(C)C2=O)C1. The van der Waals surface area contributed by atoms with E-state index in [1.54, 1.807) is 6.07 Å². The van der Waals surface area contributed by atoms with Crippen molar-refractivity contribution in [3.8, 4) is 0 Å². The number of carbonyl (C=O) groups is 2. The van der Waals surface area contributed by atoms with Crippen LogP contribution in [0.2, 0.25) is 0 Å². The van der Waals surface area contributed by atoms with Gasteiger partial charge in [-0.15, -0.1) is 0 Å². The fourth-order valence-electron chi connectivity index (χ4n) is 6.00. The number of piperidine rings is 1. The highest BCUT2D eigenvalue weighted by Gasteiger charge is 2.64. The Kier molecular flexibility index (Phi) is 5.60. The molecule has 0 N–H and O–H groups in total. The van der Waals surface area contributed by atoms with Crippen LogP contribution in [-0.4, -0.2) is 77.8 Å². The zero-order valence-corrected chi connectivity index (χ0v) is 18.4. The van der Waals surface area contributed by atoms with Crippen LogP contribution < -0.4 is 0 Å². The highest BCUT2D eigenvalue weighted by atomic mass is 19.1. The number of aromatic nitrogens is 1. The summed E-state index contributed by atoms with van der Waals surface area (Å²) in [6.07, 6.45) is 4.00. The molecule has 3 aliphatic rings. The summed E-state index contributed by atoms with van der Waals surface area (Å²) in [5, 5.41) is 0. The van der Waals surface area contributed by atoms with E-state index >= 15 is 0 Å². The maximum Gasteiger partial charge on any atom is 0.230 e. The first-order valence-electron chi connectivity index (χ1n) is 11.1. The molecule has 0 aliphatic carbocycles. The second-order valence-corrected chi connectivity index (χ2v) is 9.93. The molecule has 3 fully saturated rings. The van der Waals surface area contributed by atoms with E-state index in [9.17, 15) is 14.0 Å². The van der Waals surface area contributed by atoms with Gasteiger partial charge in [0.05, 0.1) is 18.0 Å². The summed E-state index contributed by atoms with van der Waals surface area (Å²) in [5.74, 6) is 0.500. The molecule has 0 bridgehead atoms. The van der Waals surface area contributed by atoms with Crippen LogP contribution in [0.4, 0.5) is 4.39 Å². The molecule has 7 heteroatoms. The number of hydrogen-bond acceptors (Lipinski definition) is 4. The van der Waals surface area contributed by atoms with Crippen molar-refractivity contribution in [3.63, 3.8) is 0 Å². The molecule has 0 aromatic carbocycles. The third-order valence-electron chi connectivity index (χ3n) is 7.48. The van der Waals surface area contributed by atoms with Crippen molar-refractivity contribution < 1.29 is 14.0 Å². The number of carbonyl (C=O) groups excluding carboxylic acids is 2. The minimum absolute atomic E-state index is 0.0323. The van der Waals surface area contributed by atoms with Crippen molar-refractivity contribution >= 4 is 11.8 Å². The monoisotopic (exact) mass is 416 g/mol. The topological polar surface area (TPSA) is 56.8 Å². The first-order chi connectivity index (χ1) is 14.2. The highest BCUT2D eigenvalue weighted by molar-refractivity contribution is 5.86. The Balaban J connectivity index is 1.47. The number of hydrogen-bond donors (Lipinski definition) is 0. The fraction of sp³-hybridized carbons (Fsp3) is 0.696. The molecule has 2 amide bonds. The molecule has 4 rings (SSSR count). The van der Waals surface area contributed by atoms with E-state index < -0.39 is 5.82 Å². The molecule has 30 heavy (non-hydrogen) atoms. The summed E-state index contributed by atoms with van der Waals surface area (Å²) < 4.78 is 13.1. The van der Waals surface area contributed by atoms with Crippen molar-refractivity contribution in [3.05, 3.63) is 29.8 Å². The molecule has 164 valence electrons. The van der Waals surface area contributed by atoms with Gasteiger partial charge in [-0.2, -0.15) is 0 Å². The average molecular weight is 417 g/mol. The van der Waals surface area contributed by atoms with Gasteiger partial charge in [-0.3, -0.25) is 14.6 Å². The molecule has 0 unspecified atom stereocenters. The van der Waals surface area contributed by atoms with Gasteiger partial charge in [0.15, 0.2) is 0 Å². The van der Waals surface area contributed by atoms with Gasteiger partial charge in [0.1, 0.15) is 5.82 Å². The standard InChI is InChI=1S/C23H33FN4O2/c1-17(2)14-27-15-22(23(16-27)8-9-26(3)21(23)30)6-10-28(11-7-22)20(29)12-19-5-4-18(24)13-25-19/h4-5,13,17H,6-12,14-16H2,1-3H3/t23-/m0/s1. The first-order valence-corrected chi connectivity index (χ1v) is 11.1. The van der Waals surface area contributed by atoms with Gasteiger partial charge in [0.2, 0.25) is 11.8 Å². The molecule has 1 atom stereocenters. The van der Waals surface area contributed by atoms with Gasteiger partial charge in [0, 0.05) is 57.4 Å². The fourth-order valence-corrected chi connectivity index (χ4v) is 6.00. The molecule has 0 saturated carbocycles. The van der Waals surface area contributed by atoms with Crippen LogP contribution in [0.3, 0.4) is 0 Å². The minimum atomic E-state index is -0.394. The zero-order valence-electron chi connectivity index (χ0n) is 18.4. The summed E-state index contributed by atoms with van der Waals surface area (Å²) in [5.41, 5.74) is 0.244. The third-order valence-corrected chi connectivity index (χ3v) is 7.48. The van der Waals surface area contributed by atoms with Gasteiger partial charge in [-0.25, -0.2) is 4.39 Å². The molecule has 6 nitrogen and oxygen atoms in total. The lowest BCUT2D eigenvalue weighted by molar-refractivity contribution is -0.143. The zero-order chi connectivity index (χ0) is 21.5. The smallest absolute Gasteiger partial charge is 0.230 e. The molecule has 3 aliphatic heterocycles. The number of likely N-dealkylation sites (tertiary alicyclic amines) is 3. The van der Waals surface area contributed by atoms with Crippen LogP contribution in [0.5, 0.6) is 0 Å². The van der Waals surface area contributed by atoms with E-state index in [1.165, 1.54) is 6.07 Å². The van der Waals surface area contributed by atoms with Gasteiger partial charge in [0.25, 0.3) is 0 Å². The lowest BCUT2D eigenvalue weighted by Gasteiger charge is -2.47. The number of halogens is 1. The predicted octanol–water partition coefficient (Wildman–Crippen LogP) is 2.19.